The first-order chi connectivity index (χ1) is 21.9. The molecule has 0 spiro atoms. The molecule has 0 saturated carbocycles. The Bertz CT molecular complexity index is 2460. The second-order valence-corrected chi connectivity index (χ2v) is 10.1. The van der Waals surface area contributed by atoms with Crippen molar-refractivity contribution >= 4 is 43.1 Å². The van der Waals surface area contributed by atoms with Gasteiger partial charge in [-0.05, 0) is 88.6 Å². The molecule has 8 aromatic carbocycles. The highest BCUT2D eigenvalue weighted by Gasteiger charge is 2.18. The van der Waals surface area contributed by atoms with Crippen molar-refractivity contribution in [2.24, 2.45) is 0 Å². The van der Waals surface area contributed by atoms with Crippen molar-refractivity contribution in [2.75, 3.05) is 0 Å². The lowest BCUT2D eigenvalue weighted by molar-refractivity contribution is 1.65. The van der Waals surface area contributed by atoms with E-state index in [1.165, 1.54) is 0 Å². The summed E-state index contributed by atoms with van der Waals surface area (Å²) >= 11 is 0. The average Bonchev–Trinajstić information content (AvgIpc) is 3.09. The van der Waals surface area contributed by atoms with Crippen molar-refractivity contribution in [2.45, 2.75) is 0 Å². The molecule has 0 aliphatic heterocycles. The highest BCUT2D eigenvalue weighted by Crippen LogP contribution is 2.46. The lowest BCUT2D eigenvalue weighted by atomic mass is 9.83. The van der Waals surface area contributed by atoms with Gasteiger partial charge >= 0.3 is 0 Å². The van der Waals surface area contributed by atoms with Crippen molar-refractivity contribution < 1.29 is 6.85 Å². The molecule has 40 heavy (non-hydrogen) atoms. The van der Waals surface area contributed by atoms with E-state index in [4.69, 9.17) is 6.85 Å². The van der Waals surface area contributed by atoms with Gasteiger partial charge in [-0.3, -0.25) is 0 Å². The summed E-state index contributed by atoms with van der Waals surface area (Å²) in [5.74, 6) is 0. The number of hydrogen-bond donors (Lipinski definition) is 0. The zero-order chi connectivity index (χ0) is 30.8. The van der Waals surface area contributed by atoms with E-state index in [1.807, 2.05) is 36.4 Å². The molecule has 0 radical (unpaired) electrons. The van der Waals surface area contributed by atoms with E-state index in [0.717, 1.165) is 65.3 Å². The smallest absolute Gasteiger partial charge is 0.0622 e. The minimum Gasteiger partial charge on any atom is -0.0622 e. The summed E-state index contributed by atoms with van der Waals surface area (Å²) in [4.78, 5) is 0. The van der Waals surface area contributed by atoms with Gasteiger partial charge in [0.25, 0.3) is 0 Å². The van der Waals surface area contributed by atoms with Crippen LogP contribution in [0.2, 0.25) is 0 Å². The lowest BCUT2D eigenvalue weighted by Gasteiger charge is -2.19. The van der Waals surface area contributed by atoms with Crippen molar-refractivity contribution in [3.05, 3.63) is 158 Å². The van der Waals surface area contributed by atoms with E-state index < -0.39 is 6.04 Å². The topological polar surface area (TPSA) is 0 Å². The molecule has 0 nitrogen and oxygen atoms in total. The molecule has 0 heterocycles. The molecule has 0 aromatic heterocycles. The SMILES string of the molecule is [2H]c1c([2H])c([2H])c(-c2c3ccccc3c(-c3cccc4ccccc34)c3ccc(-c4ccc5ccccc5c4)cc23)c([2H])c1[2H]. The van der Waals surface area contributed by atoms with Crippen LogP contribution < -0.4 is 0 Å². The van der Waals surface area contributed by atoms with Crippen LogP contribution in [0.3, 0.4) is 0 Å². The molecule has 0 fully saturated rings. The second-order valence-electron chi connectivity index (χ2n) is 10.1. The molecule has 186 valence electrons. The predicted octanol–water partition coefficient (Wildman–Crippen LogP) is 11.3. The van der Waals surface area contributed by atoms with Gasteiger partial charge in [0, 0.05) is 0 Å². The van der Waals surface area contributed by atoms with Crippen LogP contribution in [0.25, 0.3) is 76.5 Å². The van der Waals surface area contributed by atoms with E-state index in [1.54, 1.807) is 0 Å². The molecule has 0 aliphatic rings. The predicted molar refractivity (Wildman–Crippen MR) is 173 cm³/mol. The van der Waals surface area contributed by atoms with Gasteiger partial charge in [0.1, 0.15) is 0 Å². The van der Waals surface area contributed by atoms with Gasteiger partial charge in [-0.15, -0.1) is 0 Å². The van der Waals surface area contributed by atoms with E-state index in [-0.39, 0.29) is 29.7 Å². The second kappa shape index (κ2) is 9.22. The molecule has 0 amide bonds. The minimum atomic E-state index is -0.397. The number of fused-ring (bicyclic) bond motifs is 4. The van der Waals surface area contributed by atoms with Crippen LogP contribution in [0, 0.1) is 0 Å². The third-order valence-electron chi connectivity index (χ3n) is 7.92. The molecular weight excluding hydrogens is 480 g/mol. The van der Waals surface area contributed by atoms with Gasteiger partial charge < -0.3 is 0 Å². The monoisotopic (exact) mass is 511 g/mol. The fourth-order valence-corrected chi connectivity index (χ4v) is 6.10. The normalized spacial score (nSPS) is 13.2. The van der Waals surface area contributed by atoms with Crippen molar-refractivity contribution in [1.82, 2.24) is 0 Å². The molecule has 8 rings (SSSR count). The Kier molecular flexibility index (Phi) is 4.18. The Morgan fingerprint density at radius 2 is 0.950 bits per heavy atom. The first kappa shape index (κ1) is 18.2. The van der Waals surface area contributed by atoms with Crippen molar-refractivity contribution in [1.29, 1.82) is 0 Å². The van der Waals surface area contributed by atoms with Crippen molar-refractivity contribution in [3.8, 4) is 33.4 Å². The first-order valence-electron chi connectivity index (χ1n) is 16.0. The van der Waals surface area contributed by atoms with Crippen LogP contribution in [-0.4, -0.2) is 0 Å². The Morgan fingerprint density at radius 3 is 1.77 bits per heavy atom. The van der Waals surface area contributed by atoms with E-state index in [2.05, 4.69) is 91.0 Å². The van der Waals surface area contributed by atoms with Crippen LogP contribution in [0.1, 0.15) is 6.85 Å². The summed E-state index contributed by atoms with van der Waals surface area (Å²) in [5.41, 5.74) is 5.02. The van der Waals surface area contributed by atoms with Crippen LogP contribution in [0.5, 0.6) is 0 Å². The summed E-state index contributed by atoms with van der Waals surface area (Å²) in [6.45, 7) is 0. The summed E-state index contributed by atoms with van der Waals surface area (Å²) < 4.78 is 43.3. The number of benzene rings is 8. The average molecular weight is 512 g/mol. The zero-order valence-corrected chi connectivity index (χ0v) is 21.6. The third kappa shape index (κ3) is 3.61. The standard InChI is InChI=1S/C40H26/c1-2-13-29(14-3-1)39-35-18-8-9-19-36(35)40(34-20-10-16-28-12-6-7-17-33(28)34)37-24-23-32(26-38(37)39)31-22-21-27-11-4-5-15-30(27)25-31/h1-26H/i1D,2D,3D,13D,14D. The maximum Gasteiger partial charge on any atom is 0.0629 e. The van der Waals surface area contributed by atoms with Crippen LogP contribution in [0.15, 0.2) is 158 Å². The molecular formula is C40H26. The fraction of sp³-hybridized carbons (Fsp3) is 0. The Balaban J connectivity index is 1.56. The molecule has 0 heteroatoms. The molecule has 0 saturated heterocycles. The van der Waals surface area contributed by atoms with Crippen molar-refractivity contribution in [3.63, 3.8) is 0 Å². The Hall–Kier alpha value is -5.20. The van der Waals surface area contributed by atoms with Gasteiger partial charge in [0.2, 0.25) is 0 Å². The quantitative estimate of drug-likeness (QED) is 0.207. The third-order valence-corrected chi connectivity index (χ3v) is 7.92. The highest BCUT2D eigenvalue weighted by molar-refractivity contribution is 6.24. The van der Waals surface area contributed by atoms with Crippen LogP contribution >= 0.6 is 0 Å². The van der Waals surface area contributed by atoms with Gasteiger partial charge in [0.15, 0.2) is 0 Å². The maximum absolute atomic E-state index is 8.98. The Morgan fingerprint density at radius 1 is 0.350 bits per heavy atom. The van der Waals surface area contributed by atoms with E-state index >= 15 is 0 Å². The lowest BCUT2D eigenvalue weighted by Crippen LogP contribution is -1.92. The molecule has 0 unspecified atom stereocenters. The summed E-state index contributed by atoms with van der Waals surface area (Å²) in [5, 5.41) is 8.14. The highest BCUT2D eigenvalue weighted by atomic mass is 14.2. The Labute approximate surface area is 240 Å². The first-order valence-corrected chi connectivity index (χ1v) is 13.5. The summed E-state index contributed by atoms with van der Waals surface area (Å²) in [6.07, 6.45) is 0. The fourth-order valence-electron chi connectivity index (χ4n) is 6.10. The maximum atomic E-state index is 8.98. The number of rotatable bonds is 3. The van der Waals surface area contributed by atoms with Gasteiger partial charge in [-0.2, -0.15) is 0 Å². The molecule has 0 aliphatic carbocycles. The number of hydrogen-bond acceptors (Lipinski definition) is 0. The summed E-state index contributed by atoms with van der Waals surface area (Å²) in [7, 11) is 0. The minimum absolute atomic E-state index is 0.207. The largest absolute Gasteiger partial charge is 0.0629 e. The van der Waals surface area contributed by atoms with Gasteiger partial charge in [-0.1, -0.05) is 145 Å². The molecule has 8 aromatic rings. The summed E-state index contributed by atoms with van der Waals surface area (Å²) in [6, 6.07) is 42.2. The molecule has 0 atom stereocenters. The van der Waals surface area contributed by atoms with Crippen LogP contribution in [0.4, 0.5) is 0 Å². The van der Waals surface area contributed by atoms with E-state index in [9.17, 15) is 0 Å². The van der Waals surface area contributed by atoms with E-state index in [0.29, 0.717) is 5.56 Å². The molecule has 0 bridgehead atoms. The molecule has 0 N–H and O–H groups in total. The van der Waals surface area contributed by atoms with Gasteiger partial charge in [0.05, 0.1) is 6.85 Å². The van der Waals surface area contributed by atoms with Crippen LogP contribution in [-0.2, 0) is 0 Å². The van der Waals surface area contributed by atoms with Gasteiger partial charge in [-0.25, -0.2) is 0 Å². The zero-order valence-electron chi connectivity index (χ0n) is 26.6.